The van der Waals surface area contributed by atoms with E-state index >= 15 is 0 Å². The van der Waals surface area contributed by atoms with Crippen LogP contribution in [-0.4, -0.2) is 28.7 Å². The Morgan fingerprint density at radius 3 is 2.62 bits per heavy atom. The molecule has 0 aromatic heterocycles. The zero-order valence-electron chi connectivity index (χ0n) is 12.3. The summed E-state index contributed by atoms with van der Waals surface area (Å²) in [6, 6.07) is 2.45. The molecule has 1 aliphatic carbocycles. The predicted octanol–water partition coefficient (Wildman–Crippen LogP) is 1.81. The summed E-state index contributed by atoms with van der Waals surface area (Å²) in [6.45, 7) is 2.48. The number of nitrogens with two attached hydrogens (primary N) is 1. The summed E-state index contributed by atoms with van der Waals surface area (Å²) in [6.07, 6.45) is 2.81. The van der Waals surface area contributed by atoms with Crippen molar-refractivity contribution in [1.82, 2.24) is 4.72 Å². The number of ether oxygens (including phenoxy) is 1. The second kappa shape index (κ2) is 5.90. The predicted molar refractivity (Wildman–Crippen MR) is 78.9 cm³/mol. The van der Waals surface area contributed by atoms with E-state index in [1.165, 1.54) is 13.0 Å². The van der Waals surface area contributed by atoms with Crippen molar-refractivity contribution >= 4 is 15.7 Å². The largest absolute Gasteiger partial charge is 0.396 e. The molecular weight excluding hydrogens is 295 g/mol. The van der Waals surface area contributed by atoms with Crippen molar-refractivity contribution in [2.45, 2.75) is 31.1 Å². The fraction of sp³-hybridized carbons (Fsp3) is 0.571. The van der Waals surface area contributed by atoms with Gasteiger partial charge in [-0.2, -0.15) is 0 Å². The summed E-state index contributed by atoms with van der Waals surface area (Å²) >= 11 is 0. The van der Waals surface area contributed by atoms with Crippen molar-refractivity contribution in [1.29, 1.82) is 0 Å². The molecule has 0 unspecified atom stereocenters. The van der Waals surface area contributed by atoms with Crippen LogP contribution in [0.2, 0.25) is 0 Å². The van der Waals surface area contributed by atoms with Gasteiger partial charge in [0.2, 0.25) is 10.0 Å². The highest BCUT2D eigenvalue weighted by Gasteiger charge is 2.42. The van der Waals surface area contributed by atoms with Crippen LogP contribution in [0.3, 0.4) is 0 Å². The van der Waals surface area contributed by atoms with E-state index in [4.69, 9.17) is 10.5 Å². The number of hydrogen-bond donors (Lipinski definition) is 2. The number of nitrogens with one attached hydrogen (secondary N) is 1. The molecule has 1 fully saturated rings. The van der Waals surface area contributed by atoms with Gasteiger partial charge in [0.1, 0.15) is 5.82 Å². The minimum Gasteiger partial charge on any atom is -0.396 e. The van der Waals surface area contributed by atoms with Crippen molar-refractivity contribution in [3.63, 3.8) is 0 Å². The highest BCUT2D eigenvalue weighted by molar-refractivity contribution is 7.89. The van der Waals surface area contributed by atoms with E-state index in [1.807, 2.05) is 0 Å². The molecule has 0 bridgehead atoms. The number of anilines is 1. The normalized spacial score (nSPS) is 16.9. The first-order valence-electron chi connectivity index (χ1n) is 6.84. The Labute approximate surface area is 124 Å². The van der Waals surface area contributed by atoms with Gasteiger partial charge in [0.25, 0.3) is 0 Å². The molecule has 5 nitrogen and oxygen atoms in total. The molecular formula is C14H21FN2O3S. The minimum atomic E-state index is -3.68. The van der Waals surface area contributed by atoms with E-state index in [0.29, 0.717) is 13.2 Å². The molecule has 0 amide bonds. The Bertz CT molecular complexity index is 604. The van der Waals surface area contributed by atoms with Crippen molar-refractivity contribution in [2.24, 2.45) is 5.41 Å². The molecule has 1 saturated carbocycles. The fourth-order valence-corrected chi connectivity index (χ4v) is 3.54. The van der Waals surface area contributed by atoms with Gasteiger partial charge in [0.15, 0.2) is 0 Å². The summed E-state index contributed by atoms with van der Waals surface area (Å²) in [5, 5.41) is 0. The molecule has 0 heterocycles. The molecule has 118 valence electrons. The van der Waals surface area contributed by atoms with Gasteiger partial charge in [-0.3, -0.25) is 0 Å². The van der Waals surface area contributed by atoms with E-state index in [1.54, 1.807) is 7.11 Å². The number of halogens is 1. The van der Waals surface area contributed by atoms with Gasteiger partial charge in [-0.1, -0.05) is 0 Å². The maximum atomic E-state index is 13.5. The fourth-order valence-electron chi connectivity index (χ4n) is 2.26. The highest BCUT2D eigenvalue weighted by atomic mass is 32.2. The monoisotopic (exact) mass is 316 g/mol. The molecule has 1 aromatic carbocycles. The second-order valence-electron chi connectivity index (χ2n) is 5.71. The van der Waals surface area contributed by atoms with Crippen LogP contribution in [0.5, 0.6) is 0 Å². The molecule has 7 heteroatoms. The SMILES string of the molecule is COCCC1(CNS(=O)(=O)c2cc(C)c(F)c(N)c2)CC1. The number of aryl methyl sites for hydroxylation is 1. The lowest BCUT2D eigenvalue weighted by atomic mass is 10.0. The van der Waals surface area contributed by atoms with Crippen LogP contribution < -0.4 is 10.5 Å². The average molecular weight is 316 g/mol. The van der Waals surface area contributed by atoms with E-state index in [0.717, 1.165) is 25.3 Å². The van der Waals surface area contributed by atoms with Crippen molar-refractivity contribution in [3.05, 3.63) is 23.5 Å². The molecule has 0 atom stereocenters. The first-order chi connectivity index (χ1) is 9.80. The molecule has 21 heavy (non-hydrogen) atoms. The summed E-state index contributed by atoms with van der Waals surface area (Å²) in [5.41, 5.74) is 5.56. The Morgan fingerprint density at radius 2 is 2.10 bits per heavy atom. The zero-order valence-corrected chi connectivity index (χ0v) is 13.1. The Balaban J connectivity index is 2.09. The van der Waals surface area contributed by atoms with Gasteiger partial charge < -0.3 is 10.5 Å². The molecule has 2 rings (SSSR count). The number of sulfonamides is 1. The second-order valence-corrected chi connectivity index (χ2v) is 7.48. The minimum absolute atomic E-state index is 0.00133. The van der Waals surface area contributed by atoms with Crippen LogP contribution in [0, 0.1) is 18.2 Å². The number of rotatable bonds is 7. The molecule has 0 spiro atoms. The van der Waals surface area contributed by atoms with Crippen LogP contribution in [-0.2, 0) is 14.8 Å². The van der Waals surface area contributed by atoms with Gasteiger partial charge >= 0.3 is 0 Å². The Morgan fingerprint density at radius 1 is 1.43 bits per heavy atom. The van der Waals surface area contributed by atoms with Gasteiger partial charge in [0.05, 0.1) is 10.6 Å². The maximum Gasteiger partial charge on any atom is 0.240 e. The van der Waals surface area contributed by atoms with E-state index < -0.39 is 15.8 Å². The zero-order chi connectivity index (χ0) is 15.7. The smallest absolute Gasteiger partial charge is 0.240 e. The van der Waals surface area contributed by atoms with Crippen LogP contribution in [0.1, 0.15) is 24.8 Å². The Kier molecular flexibility index (Phi) is 4.55. The van der Waals surface area contributed by atoms with Crippen molar-refractivity contribution < 1.29 is 17.5 Å². The number of methoxy groups -OCH3 is 1. The van der Waals surface area contributed by atoms with E-state index in [9.17, 15) is 12.8 Å². The lowest BCUT2D eigenvalue weighted by Crippen LogP contribution is -2.31. The number of benzene rings is 1. The first kappa shape index (κ1) is 16.2. The number of hydrogen-bond acceptors (Lipinski definition) is 4. The van der Waals surface area contributed by atoms with Crippen molar-refractivity contribution in [3.8, 4) is 0 Å². The van der Waals surface area contributed by atoms with E-state index in [-0.39, 0.29) is 21.6 Å². The topological polar surface area (TPSA) is 81.4 Å². The number of nitrogen functional groups attached to an aromatic ring is 1. The lowest BCUT2D eigenvalue weighted by molar-refractivity contribution is 0.173. The molecule has 1 aliphatic rings. The molecule has 0 aliphatic heterocycles. The summed E-state index contributed by atoms with van der Waals surface area (Å²) in [5.74, 6) is -0.576. The van der Waals surface area contributed by atoms with Crippen molar-refractivity contribution in [2.75, 3.05) is 26.0 Å². The van der Waals surface area contributed by atoms with Crippen LogP contribution in [0.25, 0.3) is 0 Å². The van der Waals surface area contributed by atoms with Gasteiger partial charge in [0, 0.05) is 20.3 Å². The van der Waals surface area contributed by atoms with Crippen LogP contribution >= 0.6 is 0 Å². The third-order valence-corrected chi connectivity index (χ3v) is 5.38. The molecule has 3 N–H and O–H groups in total. The molecule has 1 aromatic rings. The summed E-state index contributed by atoms with van der Waals surface area (Å²) in [4.78, 5) is 0.00133. The summed E-state index contributed by atoms with van der Waals surface area (Å²) in [7, 11) is -2.05. The van der Waals surface area contributed by atoms with Crippen LogP contribution in [0.4, 0.5) is 10.1 Å². The molecule has 0 saturated heterocycles. The third-order valence-electron chi connectivity index (χ3n) is 4.00. The Hall–Kier alpha value is -1.18. The van der Waals surface area contributed by atoms with Crippen LogP contribution in [0.15, 0.2) is 17.0 Å². The quantitative estimate of drug-likeness (QED) is 0.752. The van der Waals surface area contributed by atoms with Gasteiger partial charge in [-0.05, 0) is 49.3 Å². The summed E-state index contributed by atoms with van der Waals surface area (Å²) < 4.78 is 45.7. The first-order valence-corrected chi connectivity index (χ1v) is 8.32. The maximum absolute atomic E-state index is 13.5. The van der Waals surface area contributed by atoms with E-state index in [2.05, 4.69) is 4.72 Å². The lowest BCUT2D eigenvalue weighted by Gasteiger charge is -2.16. The highest BCUT2D eigenvalue weighted by Crippen LogP contribution is 2.48. The standard InChI is InChI=1S/C14H21FN2O3S/c1-10-7-11(8-12(16)13(10)15)21(18,19)17-9-14(3-4-14)5-6-20-2/h7-8,17H,3-6,9,16H2,1-2H3. The molecule has 0 radical (unpaired) electrons. The van der Waals surface area contributed by atoms with Gasteiger partial charge in [-0.15, -0.1) is 0 Å². The average Bonchev–Trinajstić information content (AvgIpc) is 3.20. The third kappa shape index (κ3) is 3.72. The van der Waals surface area contributed by atoms with Gasteiger partial charge in [-0.25, -0.2) is 17.5 Å².